The topological polar surface area (TPSA) is 87.0 Å². The SMILES string of the molecule is CC1CCC2(C)CCC3C(=CCC4C3(C)CCC3C4(C)CCC(CC4OC(C(=O)O)C(C)C4O)[C@@]3(C)O)C2C1. The lowest BCUT2D eigenvalue weighted by molar-refractivity contribution is -0.212. The van der Waals surface area contributed by atoms with Crippen LogP contribution in [0.25, 0.3) is 0 Å². The van der Waals surface area contributed by atoms with Gasteiger partial charge in [-0.2, -0.15) is 0 Å². The Morgan fingerprint density at radius 2 is 1.64 bits per heavy atom. The highest BCUT2D eigenvalue weighted by Gasteiger charge is 2.65. The summed E-state index contributed by atoms with van der Waals surface area (Å²) in [4.78, 5) is 11.6. The van der Waals surface area contributed by atoms with Gasteiger partial charge >= 0.3 is 5.97 Å². The third-order valence-corrected chi connectivity index (χ3v) is 14.3. The molecule has 220 valence electrons. The number of carboxylic acid groups (broad SMARTS) is 1. The number of rotatable bonds is 3. The van der Waals surface area contributed by atoms with E-state index in [9.17, 15) is 20.1 Å². The highest BCUT2D eigenvalue weighted by Crippen LogP contribution is 2.71. The quantitative estimate of drug-likeness (QED) is 0.350. The first-order valence-corrected chi connectivity index (χ1v) is 16.2. The van der Waals surface area contributed by atoms with Crippen LogP contribution in [0.1, 0.15) is 112 Å². The summed E-state index contributed by atoms with van der Waals surface area (Å²) in [5.74, 6) is 1.65. The lowest BCUT2D eigenvalue weighted by Crippen LogP contribution is -2.63. The zero-order valence-corrected chi connectivity index (χ0v) is 25.3. The zero-order chi connectivity index (χ0) is 28.1. The average molecular weight is 543 g/mol. The van der Waals surface area contributed by atoms with Crippen LogP contribution in [-0.2, 0) is 9.53 Å². The fraction of sp³-hybridized carbons (Fsp3) is 0.912. The molecule has 39 heavy (non-hydrogen) atoms. The summed E-state index contributed by atoms with van der Waals surface area (Å²) in [6.45, 7) is 13.9. The summed E-state index contributed by atoms with van der Waals surface area (Å²) in [6.07, 6.45) is 13.2. The van der Waals surface area contributed by atoms with Gasteiger partial charge in [0.05, 0.1) is 17.8 Å². The predicted molar refractivity (Wildman–Crippen MR) is 152 cm³/mol. The Bertz CT molecular complexity index is 1020. The maximum atomic E-state index is 12.2. The van der Waals surface area contributed by atoms with Crippen molar-refractivity contribution in [2.75, 3.05) is 0 Å². The van der Waals surface area contributed by atoms with E-state index in [4.69, 9.17) is 4.74 Å². The molecule has 0 aromatic rings. The first-order chi connectivity index (χ1) is 18.2. The van der Waals surface area contributed by atoms with E-state index in [0.717, 1.165) is 37.5 Å². The lowest BCUT2D eigenvalue weighted by Gasteiger charge is -2.68. The Morgan fingerprint density at radius 3 is 2.33 bits per heavy atom. The van der Waals surface area contributed by atoms with E-state index in [2.05, 4.69) is 33.8 Å². The van der Waals surface area contributed by atoms with Crippen molar-refractivity contribution in [2.24, 2.45) is 57.7 Å². The van der Waals surface area contributed by atoms with E-state index in [1.165, 1.54) is 38.5 Å². The Balaban J connectivity index is 1.24. The van der Waals surface area contributed by atoms with Gasteiger partial charge in [-0.25, -0.2) is 4.79 Å². The summed E-state index contributed by atoms with van der Waals surface area (Å²) in [5.41, 5.74) is 1.84. The van der Waals surface area contributed by atoms with Gasteiger partial charge in [0.2, 0.25) is 0 Å². The number of aliphatic hydroxyl groups is 2. The van der Waals surface area contributed by atoms with E-state index in [1.807, 2.05) is 12.5 Å². The van der Waals surface area contributed by atoms with E-state index in [0.29, 0.717) is 29.1 Å². The van der Waals surface area contributed by atoms with Gasteiger partial charge in [0.1, 0.15) is 0 Å². The van der Waals surface area contributed by atoms with Crippen molar-refractivity contribution in [1.29, 1.82) is 0 Å². The molecule has 1 saturated heterocycles. The summed E-state index contributed by atoms with van der Waals surface area (Å²) < 4.78 is 5.86. The van der Waals surface area contributed by atoms with Gasteiger partial charge in [-0.05, 0) is 123 Å². The number of hydrogen-bond donors (Lipinski definition) is 3. The van der Waals surface area contributed by atoms with Gasteiger partial charge in [-0.15, -0.1) is 0 Å². The van der Waals surface area contributed by atoms with E-state index in [-0.39, 0.29) is 17.3 Å². The van der Waals surface area contributed by atoms with Crippen molar-refractivity contribution in [3.63, 3.8) is 0 Å². The third kappa shape index (κ3) is 4.06. The van der Waals surface area contributed by atoms with Crippen molar-refractivity contribution < 1.29 is 24.9 Å². The van der Waals surface area contributed by atoms with Crippen molar-refractivity contribution >= 4 is 5.97 Å². The first kappa shape index (κ1) is 28.2. The molecule has 6 rings (SSSR count). The minimum absolute atomic E-state index is 0.00753. The molecule has 3 N–H and O–H groups in total. The summed E-state index contributed by atoms with van der Waals surface area (Å²) in [5, 5.41) is 32.6. The maximum Gasteiger partial charge on any atom is 0.333 e. The van der Waals surface area contributed by atoms with Crippen molar-refractivity contribution in [2.45, 2.75) is 136 Å². The molecule has 0 spiro atoms. The smallest absolute Gasteiger partial charge is 0.333 e. The van der Waals surface area contributed by atoms with Gasteiger partial charge in [-0.1, -0.05) is 52.7 Å². The molecule has 5 heteroatoms. The Hall–Kier alpha value is -0.910. The lowest BCUT2D eigenvalue weighted by atomic mass is 9.38. The van der Waals surface area contributed by atoms with Crippen LogP contribution in [0.15, 0.2) is 11.6 Å². The van der Waals surface area contributed by atoms with Crippen LogP contribution in [0.3, 0.4) is 0 Å². The molecule has 14 atom stereocenters. The van der Waals surface area contributed by atoms with E-state index in [1.54, 1.807) is 6.92 Å². The Morgan fingerprint density at radius 1 is 0.949 bits per heavy atom. The molecular formula is C34H54O5. The molecule has 13 unspecified atom stereocenters. The molecule has 1 heterocycles. The summed E-state index contributed by atoms with van der Waals surface area (Å²) >= 11 is 0. The largest absolute Gasteiger partial charge is 0.479 e. The molecule has 6 aliphatic rings. The molecule has 0 radical (unpaired) electrons. The van der Waals surface area contributed by atoms with Gasteiger partial charge in [0.25, 0.3) is 0 Å². The standard InChI is InChI=1S/C34H54O5/c1-19-9-13-31(3)14-11-23-22(24(31)17-19)7-8-26-32(23,4)16-12-27-33(26,5)15-10-21(34(27,6)38)18-25-28(35)20(2)29(39-25)30(36)37/h7,19-21,23-29,35,38H,8-18H2,1-6H3,(H,36,37)/t19?,20?,21?,23?,24?,25?,26?,27?,28?,29?,31?,32?,33?,34-/m1/s1. The number of ether oxygens (including phenoxy) is 1. The second-order valence-corrected chi connectivity index (χ2v) is 16.3. The molecule has 0 aromatic carbocycles. The molecule has 0 aromatic heterocycles. The fourth-order valence-electron chi connectivity index (χ4n) is 11.8. The highest BCUT2D eigenvalue weighted by atomic mass is 16.5. The zero-order valence-electron chi connectivity index (χ0n) is 25.3. The van der Waals surface area contributed by atoms with Gasteiger partial charge in [-0.3, -0.25) is 0 Å². The molecule has 5 fully saturated rings. The number of carbonyl (C=O) groups is 1. The number of allylic oxidation sites excluding steroid dienone is 2. The van der Waals surface area contributed by atoms with Crippen LogP contribution in [0.4, 0.5) is 0 Å². The number of aliphatic carboxylic acids is 1. The molecule has 5 aliphatic carbocycles. The number of hydrogen-bond acceptors (Lipinski definition) is 4. The molecule has 5 nitrogen and oxygen atoms in total. The molecule has 0 amide bonds. The highest BCUT2D eigenvalue weighted by molar-refractivity contribution is 5.73. The second-order valence-electron chi connectivity index (χ2n) is 16.3. The van der Waals surface area contributed by atoms with Gasteiger partial charge in [0, 0.05) is 5.92 Å². The van der Waals surface area contributed by atoms with Crippen LogP contribution >= 0.6 is 0 Å². The number of aliphatic hydroxyl groups excluding tert-OH is 1. The van der Waals surface area contributed by atoms with Gasteiger partial charge in [0.15, 0.2) is 6.10 Å². The minimum atomic E-state index is -1.01. The Labute approximate surface area is 236 Å². The molecule has 1 aliphatic heterocycles. The predicted octanol–water partition coefficient (Wildman–Crippen LogP) is 6.61. The monoisotopic (exact) mass is 542 g/mol. The van der Waals surface area contributed by atoms with Crippen LogP contribution in [-0.4, -0.2) is 45.2 Å². The molecular weight excluding hydrogens is 488 g/mol. The number of fused-ring (bicyclic) bond motifs is 7. The van der Waals surface area contributed by atoms with Crippen molar-refractivity contribution in [1.82, 2.24) is 0 Å². The third-order valence-electron chi connectivity index (χ3n) is 14.3. The van der Waals surface area contributed by atoms with Crippen LogP contribution in [0.5, 0.6) is 0 Å². The minimum Gasteiger partial charge on any atom is -0.479 e. The average Bonchev–Trinajstić information content (AvgIpc) is 3.14. The summed E-state index contributed by atoms with van der Waals surface area (Å²) in [7, 11) is 0. The van der Waals surface area contributed by atoms with Gasteiger partial charge < -0.3 is 20.1 Å². The van der Waals surface area contributed by atoms with Crippen molar-refractivity contribution in [3.05, 3.63) is 11.6 Å². The summed E-state index contributed by atoms with van der Waals surface area (Å²) in [6, 6.07) is 0. The van der Waals surface area contributed by atoms with E-state index >= 15 is 0 Å². The van der Waals surface area contributed by atoms with Crippen LogP contribution in [0, 0.1) is 57.7 Å². The van der Waals surface area contributed by atoms with Crippen LogP contribution < -0.4 is 0 Å². The maximum absolute atomic E-state index is 12.2. The molecule has 4 saturated carbocycles. The Kier molecular flexibility index (Phi) is 6.73. The fourth-order valence-corrected chi connectivity index (χ4v) is 11.8. The second kappa shape index (κ2) is 9.30. The first-order valence-electron chi connectivity index (χ1n) is 16.2. The molecule has 0 bridgehead atoms. The van der Waals surface area contributed by atoms with Crippen LogP contribution in [0.2, 0.25) is 0 Å². The van der Waals surface area contributed by atoms with Crippen molar-refractivity contribution in [3.8, 4) is 0 Å². The number of carboxylic acids is 1. The van der Waals surface area contributed by atoms with E-state index < -0.39 is 35.8 Å². The normalized spacial score (nSPS) is 57.0.